The largest absolute Gasteiger partial charge is 0.508 e. The fourth-order valence-corrected chi connectivity index (χ4v) is 2.40. The summed E-state index contributed by atoms with van der Waals surface area (Å²) in [6.45, 7) is 0.801. The third kappa shape index (κ3) is 3.05. The van der Waals surface area contributed by atoms with Crippen LogP contribution in [-0.2, 0) is 0 Å². The number of benzene rings is 1. The molecule has 0 unspecified atom stereocenters. The number of carbonyl (C=O) groups excluding carboxylic acids is 1. The summed E-state index contributed by atoms with van der Waals surface area (Å²) >= 11 is 3.41. The molecule has 0 aliphatic heterocycles. The van der Waals surface area contributed by atoms with Gasteiger partial charge in [-0.25, -0.2) is 0 Å². The minimum Gasteiger partial charge on any atom is -0.508 e. The van der Waals surface area contributed by atoms with Crippen molar-refractivity contribution < 1.29 is 9.90 Å². The molecule has 0 spiro atoms. The lowest BCUT2D eigenvalue weighted by molar-refractivity contribution is 0.0581. The maximum Gasteiger partial charge on any atom is 0.254 e. The predicted octanol–water partition coefficient (Wildman–Crippen LogP) is 3.17. The Morgan fingerprint density at radius 3 is 2.50 bits per heavy atom. The number of alkyl halides is 1. The number of phenols is 1. The number of amides is 1. The van der Waals surface area contributed by atoms with Gasteiger partial charge < -0.3 is 10.0 Å². The van der Waals surface area contributed by atoms with E-state index >= 15 is 0 Å². The molecule has 0 heterocycles. The standard InChI is InChI=1S/C14H18BrNO2/c15-9-2-10-16(12-3-1-4-12)14(18)11-5-7-13(17)8-6-11/h5-8,12,17H,1-4,9-10H2. The lowest BCUT2D eigenvalue weighted by Gasteiger charge is -2.37. The Kier molecular flexibility index (Phi) is 4.64. The molecule has 1 aliphatic carbocycles. The Labute approximate surface area is 116 Å². The van der Waals surface area contributed by atoms with Gasteiger partial charge in [-0.3, -0.25) is 4.79 Å². The molecule has 0 bridgehead atoms. The molecule has 1 aromatic carbocycles. The highest BCUT2D eigenvalue weighted by atomic mass is 79.9. The van der Waals surface area contributed by atoms with Crippen LogP contribution in [0.1, 0.15) is 36.0 Å². The van der Waals surface area contributed by atoms with E-state index in [1.807, 2.05) is 4.90 Å². The molecular weight excluding hydrogens is 294 g/mol. The van der Waals surface area contributed by atoms with Crippen molar-refractivity contribution in [1.82, 2.24) is 4.90 Å². The van der Waals surface area contributed by atoms with E-state index in [0.717, 1.165) is 31.1 Å². The SMILES string of the molecule is O=C(c1ccc(O)cc1)N(CCCBr)C1CCC1. The summed E-state index contributed by atoms with van der Waals surface area (Å²) in [6, 6.07) is 6.92. The molecule has 1 N–H and O–H groups in total. The van der Waals surface area contributed by atoms with Crippen LogP contribution in [0.2, 0.25) is 0 Å². The zero-order chi connectivity index (χ0) is 13.0. The highest BCUT2D eigenvalue weighted by Crippen LogP contribution is 2.26. The van der Waals surface area contributed by atoms with Crippen molar-refractivity contribution in [3.8, 4) is 5.75 Å². The summed E-state index contributed by atoms with van der Waals surface area (Å²) in [5, 5.41) is 10.2. The number of hydrogen-bond acceptors (Lipinski definition) is 2. The summed E-state index contributed by atoms with van der Waals surface area (Å²) < 4.78 is 0. The normalized spacial score (nSPS) is 15.2. The monoisotopic (exact) mass is 311 g/mol. The van der Waals surface area contributed by atoms with Gasteiger partial charge >= 0.3 is 0 Å². The van der Waals surface area contributed by atoms with Crippen molar-refractivity contribution >= 4 is 21.8 Å². The highest BCUT2D eigenvalue weighted by molar-refractivity contribution is 9.09. The van der Waals surface area contributed by atoms with Gasteiger partial charge in [0.1, 0.15) is 5.75 Å². The molecular formula is C14H18BrNO2. The molecule has 0 aromatic heterocycles. The maximum absolute atomic E-state index is 12.4. The summed E-state index contributed by atoms with van der Waals surface area (Å²) in [5.41, 5.74) is 0.661. The van der Waals surface area contributed by atoms with Crippen LogP contribution in [0.3, 0.4) is 0 Å². The molecule has 18 heavy (non-hydrogen) atoms. The molecule has 1 aliphatic rings. The number of aromatic hydroxyl groups is 1. The van der Waals surface area contributed by atoms with Crippen LogP contribution in [0.15, 0.2) is 24.3 Å². The van der Waals surface area contributed by atoms with Crippen LogP contribution in [0.25, 0.3) is 0 Å². The summed E-state index contributed by atoms with van der Waals surface area (Å²) in [6.07, 6.45) is 4.43. The first-order valence-corrected chi connectivity index (χ1v) is 7.50. The first-order valence-electron chi connectivity index (χ1n) is 6.38. The fraction of sp³-hybridized carbons (Fsp3) is 0.500. The zero-order valence-electron chi connectivity index (χ0n) is 10.3. The van der Waals surface area contributed by atoms with Crippen molar-refractivity contribution in [1.29, 1.82) is 0 Å². The van der Waals surface area contributed by atoms with Crippen LogP contribution < -0.4 is 0 Å². The van der Waals surface area contributed by atoms with Crippen LogP contribution in [0.5, 0.6) is 5.75 Å². The first kappa shape index (κ1) is 13.4. The van der Waals surface area contributed by atoms with Gasteiger partial charge in [0.15, 0.2) is 0 Å². The van der Waals surface area contributed by atoms with E-state index in [1.165, 1.54) is 6.42 Å². The van der Waals surface area contributed by atoms with Crippen LogP contribution in [0.4, 0.5) is 0 Å². The quantitative estimate of drug-likeness (QED) is 0.848. The Hall–Kier alpha value is -1.03. The molecule has 0 atom stereocenters. The van der Waals surface area contributed by atoms with Crippen molar-refractivity contribution in [2.75, 3.05) is 11.9 Å². The van der Waals surface area contributed by atoms with Crippen molar-refractivity contribution in [2.24, 2.45) is 0 Å². The fourth-order valence-electron chi connectivity index (χ4n) is 2.15. The second-order valence-corrected chi connectivity index (χ2v) is 5.47. The van der Waals surface area contributed by atoms with Gasteiger partial charge in [0.2, 0.25) is 0 Å². The molecule has 1 aromatic rings. The van der Waals surface area contributed by atoms with Gasteiger partial charge in [-0.15, -0.1) is 0 Å². The molecule has 1 fully saturated rings. The summed E-state index contributed by atoms with van der Waals surface area (Å²) in [7, 11) is 0. The Morgan fingerprint density at radius 2 is 2.00 bits per heavy atom. The average Bonchev–Trinajstić information content (AvgIpc) is 2.32. The summed E-state index contributed by atoms with van der Waals surface area (Å²) in [4.78, 5) is 14.4. The van der Waals surface area contributed by atoms with E-state index in [-0.39, 0.29) is 11.7 Å². The van der Waals surface area contributed by atoms with Gasteiger partial charge in [0, 0.05) is 23.5 Å². The van der Waals surface area contributed by atoms with Crippen LogP contribution in [-0.4, -0.2) is 33.8 Å². The number of halogens is 1. The van der Waals surface area contributed by atoms with Crippen molar-refractivity contribution in [3.63, 3.8) is 0 Å². The molecule has 0 saturated heterocycles. The second-order valence-electron chi connectivity index (χ2n) is 4.67. The minimum atomic E-state index is 0.0839. The molecule has 2 rings (SSSR count). The highest BCUT2D eigenvalue weighted by Gasteiger charge is 2.28. The van der Waals surface area contributed by atoms with Gasteiger partial charge in [0.05, 0.1) is 0 Å². The number of carbonyl (C=O) groups is 1. The smallest absolute Gasteiger partial charge is 0.254 e. The number of rotatable bonds is 5. The lowest BCUT2D eigenvalue weighted by Crippen LogP contribution is -2.44. The van der Waals surface area contributed by atoms with E-state index in [9.17, 15) is 9.90 Å². The maximum atomic E-state index is 12.4. The number of nitrogens with zero attached hydrogens (tertiary/aromatic N) is 1. The molecule has 0 radical (unpaired) electrons. The predicted molar refractivity (Wildman–Crippen MR) is 75.2 cm³/mol. The Morgan fingerprint density at radius 1 is 1.33 bits per heavy atom. The second kappa shape index (κ2) is 6.23. The third-order valence-electron chi connectivity index (χ3n) is 3.42. The molecule has 4 heteroatoms. The Bertz CT molecular complexity index is 401. The van der Waals surface area contributed by atoms with E-state index in [4.69, 9.17) is 0 Å². The number of phenolic OH excluding ortho intramolecular Hbond substituents is 1. The average molecular weight is 312 g/mol. The van der Waals surface area contributed by atoms with Gasteiger partial charge in [-0.2, -0.15) is 0 Å². The number of hydrogen-bond donors (Lipinski definition) is 1. The van der Waals surface area contributed by atoms with Gasteiger partial charge in [-0.1, -0.05) is 15.9 Å². The molecule has 1 saturated carbocycles. The Balaban J connectivity index is 2.08. The summed E-state index contributed by atoms with van der Waals surface area (Å²) in [5.74, 6) is 0.280. The first-order chi connectivity index (χ1) is 8.72. The topological polar surface area (TPSA) is 40.5 Å². The van der Waals surface area contributed by atoms with E-state index in [0.29, 0.717) is 11.6 Å². The van der Waals surface area contributed by atoms with E-state index < -0.39 is 0 Å². The third-order valence-corrected chi connectivity index (χ3v) is 3.98. The molecule has 3 nitrogen and oxygen atoms in total. The van der Waals surface area contributed by atoms with Crippen molar-refractivity contribution in [2.45, 2.75) is 31.7 Å². The molecule has 98 valence electrons. The van der Waals surface area contributed by atoms with Crippen LogP contribution in [0, 0.1) is 0 Å². The zero-order valence-corrected chi connectivity index (χ0v) is 11.9. The van der Waals surface area contributed by atoms with Crippen molar-refractivity contribution in [3.05, 3.63) is 29.8 Å². The lowest BCUT2D eigenvalue weighted by atomic mass is 9.91. The van der Waals surface area contributed by atoms with E-state index in [1.54, 1.807) is 24.3 Å². The van der Waals surface area contributed by atoms with Gasteiger partial charge in [0.25, 0.3) is 5.91 Å². The minimum absolute atomic E-state index is 0.0839. The van der Waals surface area contributed by atoms with E-state index in [2.05, 4.69) is 15.9 Å². The van der Waals surface area contributed by atoms with Gasteiger partial charge in [-0.05, 0) is 49.9 Å². The van der Waals surface area contributed by atoms with Crippen LogP contribution >= 0.6 is 15.9 Å². The molecule has 1 amide bonds.